The van der Waals surface area contributed by atoms with Crippen molar-refractivity contribution < 1.29 is 42.0 Å². The minimum absolute atomic E-state index is 0.0931. The van der Waals surface area contributed by atoms with Crippen LogP contribution in [0.1, 0.15) is 19.5 Å². The quantitative estimate of drug-likeness (QED) is 0.0822. The van der Waals surface area contributed by atoms with Crippen LogP contribution in [-0.2, 0) is 35.7 Å². The predicted molar refractivity (Wildman–Crippen MR) is 119 cm³/mol. The van der Waals surface area contributed by atoms with E-state index in [0.717, 1.165) is 24.0 Å². The first kappa shape index (κ1) is 26.3. The summed E-state index contributed by atoms with van der Waals surface area (Å²) in [5.74, 6) is -2.54. The number of nitrogens with zero attached hydrogens (tertiary/aromatic N) is 4. The second kappa shape index (κ2) is 9.38. The largest absolute Gasteiger partial charge is 0.503 e. The molecule has 2 atom stereocenters. The maximum atomic E-state index is 13.1. The molecule has 0 bridgehead atoms. The van der Waals surface area contributed by atoms with E-state index in [2.05, 4.69) is 14.8 Å². The Hall–Kier alpha value is -3.32. The number of hydroxylamine groups is 2. The summed E-state index contributed by atoms with van der Waals surface area (Å²) in [4.78, 5) is 43.7. The Labute approximate surface area is 202 Å². The van der Waals surface area contributed by atoms with Crippen LogP contribution >= 0.6 is 11.8 Å². The van der Waals surface area contributed by atoms with Gasteiger partial charge >= 0.3 is 10.4 Å². The first-order valence-electron chi connectivity index (χ1n) is 9.63. The molecule has 0 aliphatic carbocycles. The first-order chi connectivity index (χ1) is 16.1. The van der Waals surface area contributed by atoms with Crippen LogP contribution in [0, 0.1) is 0 Å². The summed E-state index contributed by atoms with van der Waals surface area (Å²) in [7, 11) is -3.40. The van der Waals surface area contributed by atoms with E-state index in [1.807, 2.05) is 0 Å². The van der Waals surface area contributed by atoms with Crippen LogP contribution in [0.25, 0.3) is 0 Å². The van der Waals surface area contributed by atoms with Crippen LogP contribution in [0.2, 0.25) is 0 Å². The van der Waals surface area contributed by atoms with E-state index in [0.29, 0.717) is 9.79 Å². The van der Waals surface area contributed by atoms with Crippen LogP contribution < -0.4 is 16.5 Å². The number of nitrogens with one attached hydrogen (secondary N) is 1. The highest BCUT2D eigenvalue weighted by Crippen LogP contribution is 2.33. The Morgan fingerprint density at radius 3 is 2.57 bits per heavy atom. The van der Waals surface area contributed by atoms with Crippen LogP contribution in [0.5, 0.6) is 5.75 Å². The highest BCUT2D eigenvalue weighted by Gasteiger charge is 2.58. The molecule has 1 fully saturated rings. The topological polar surface area (TPSA) is 226 Å². The van der Waals surface area contributed by atoms with E-state index >= 15 is 0 Å². The summed E-state index contributed by atoms with van der Waals surface area (Å²) >= 11 is 1.16. The fourth-order valence-corrected chi connectivity index (χ4v) is 4.41. The number of rotatable bonds is 8. The second-order valence-electron chi connectivity index (χ2n) is 7.91. The number of aromatic nitrogens is 1. The molecule has 0 radical (unpaired) electrons. The van der Waals surface area contributed by atoms with Crippen molar-refractivity contribution in [3.63, 3.8) is 0 Å². The molecule has 18 heteroatoms. The van der Waals surface area contributed by atoms with Gasteiger partial charge in [0, 0.05) is 18.5 Å². The highest BCUT2D eigenvalue weighted by atomic mass is 32.3. The van der Waals surface area contributed by atoms with Gasteiger partial charge in [0.1, 0.15) is 17.2 Å². The molecule has 0 spiro atoms. The molecule has 0 saturated carbocycles. The molecule has 0 aromatic carbocycles. The molecule has 2 aliphatic heterocycles. The van der Waals surface area contributed by atoms with Crippen molar-refractivity contribution >= 4 is 39.7 Å². The zero-order valence-corrected chi connectivity index (χ0v) is 20.1. The molecule has 6 N–H and O–H groups in total. The second-order valence-corrected chi connectivity index (χ2v) is 9.90. The molecule has 3 heterocycles. The summed E-state index contributed by atoms with van der Waals surface area (Å²) in [6.07, 6.45) is 0.756. The number of nitrogens with two attached hydrogens (primary N) is 1. The molecule has 35 heavy (non-hydrogen) atoms. The van der Waals surface area contributed by atoms with E-state index in [1.54, 1.807) is 7.05 Å². The smallest absolute Gasteiger partial charge is 0.418 e. The van der Waals surface area contributed by atoms with Gasteiger partial charge in [0.15, 0.2) is 18.1 Å². The summed E-state index contributed by atoms with van der Waals surface area (Å²) in [5.41, 5.74) is 3.03. The number of β-lactam (4-membered cyclic amide) rings is 1. The van der Waals surface area contributed by atoms with Gasteiger partial charge < -0.3 is 31.1 Å². The third-order valence-corrected chi connectivity index (χ3v) is 6.41. The molecular weight excluding hydrogens is 512 g/mol. The Bertz CT molecular complexity index is 1270. The maximum absolute atomic E-state index is 13.1. The number of thioether (sulfide) groups is 1. The number of hydrogen-bond donors (Lipinski definition) is 5. The lowest BCUT2D eigenvalue weighted by atomic mass is 9.84. The zero-order chi connectivity index (χ0) is 26.3. The Kier molecular flexibility index (Phi) is 7.04. The number of carbonyl (C=O) groups is 2. The van der Waals surface area contributed by atoms with Crippen LogP contribution in [-0.4, -0.2) is 79.6 Å². The summed E-state index contributed by atoms with van der Waals surface area (Å²) in [6, 6.07) is -0.355. The normalized spacial score (nSPS) is 22.0. The molecule has 3 rings (SSSR count). The number of oxime groups is 1. The molecule has 1 saturated heterocycles. The number of pyridine rings is 1. The predicted octanol–water partition coefficient (Wildman–Crippen LogP) is -1.73. The molecular formula is C17H22N6O10S2. The number of hydrogen-bond acceptors (Lipinski definition) is 13. The van der Waals surface area contributed by atoms with Gasteiger partial charge in [0.2, 0.25) is 5.43 Å². The Morgan fingerprint density at radius 2 is 2.03 bits per heavy atom. The summed E-state index contributed by atoms with van der Waals surface area (Å²) < 4.78 is 35.5. The van der Waals surface area contributed by atoms with Crippen molar-refractivity contribution in [3.8, 4) is 5.75 Å². The van der Waals surface area contributed by atoms with Crippen LogP contribution in [0.4, 0.5) is 0 Å². The highest BCUT2D eigenvalue weighted by molar-refractivity contribution is 8.02. The maximum Gasteiger partial charge on any atom is 0.418 e. The number of carbonyl (C=O) groups excluding carboxylic acids is 2. The lowest BCUT2D eigenvalue weighted by Crippen LogP contribution is -2.77. The van der Waals surface area contributed by atoms with Gasteiger partial charge in [-0.3, -0.25) is 18.9 Å². The van der Waals surface area contributed by atoms with Gasteiger partial charge in [-0.2, -0.15) is 18.2 Å². The van der Waals surface area contributed by atoms with Crippen molar-refractivity contribution in [2.24, 2.45) is 10.9 Å². The summed E-state index contributed by atoms with van der Waals surface area (Å²) in [6.45, 7) is 2.29. The van der Waals surface area contributed by atoms with Crippen molar-refractivity contribution in [1.82, 2.24) is 20.0 Å². The fraction of sp³-hybridized carbons (Fsp3) is 0.412. The van der Waals surface area contributed by atoms with Gasteiger partial charge in [-0.05, 0) is 13.8 Å². The minimum atomic E-state index is -4.97. The van der Waals surface area contributed by atoms with Crippen molar-refractivity contribution in [2.45, 2.75) is 37.5 Å². The standard InChI is InChI=1S/C17H22N6O10S2/c1-17(2)13(15(27)23(17)33-35(29,30)31)19-14(26)12(9-7-34-16(18)21(9)3)20-32-6-8-4-10(24)11(25)5-22(8)28/h4-5,7,13,16,25,28H,6,18H2,1-3H3,(H,19,26)(H,29,30,31)/b20-12-/t13-,16?/m1/s1. The molecule has 2 amide bonds. The van der Waals surface area contributed by atoms with Gasteiger partial charge in [-0.1, -0.05) is 16.9 Å². The molecule has 192 valence electrons. The van der Waals surface area contributed by atoms with Crippen molar-refractivity contribution in [3.05, 3.63) is 39.3 Å². The lowest BCUT2D eigenvalue weighted by Gasteiger charge is -2.50. The van der Waals surface area contributed by atoms with Gasteiger partial charge in [0.05, 0.1) is 17.4 Å². The van der Waals surface area contributed by atoms with E-state index in [4.69, 9.17) is 15.1 Å². The fourth-order valence-electron chi connectivity index (χ4n) is 3.12. The monoisotopic (exact) mass is 534 g/mol. The van der Waals surface area contributed by atoms with E-state index in [1.165, 1.54) is 24.2 Å². The van der Waals surface area contributed by atoms with Gasteiger partial charge in [0.25, 0.3) is 11.8 Å². The Morgan fingerprint density at radius 1 is 1.37 bits per heavy atom. The van der Waals surface area contributed by atoms with E-state index in [-0.39, 0.29) is 17.1 Å². The molecule has 1 aromatic rings. The average molecular weight is 535 g/mol. The molecule has 16 nitrogen and oxygen atoms in total. The van der Waals surface area contributed by atoms with Gasteiger partial charge in [-0.25, -0.2) is 0 Å². The number of aromatic hydroxyl groups is 1. The first-order valence-corrected chi connectivity index (χ1v) is 11.9. The molecule has 2 aliphatic rings. The SMILES string of the molecule is CN1C(/C(=N/OCc2cc(=O)c(O)cn2O)C(=O)N[C@@H]2C(=O)N(OS(=O)(=O)O)C2(C)C)=CSC1N. The molecule has 1 unspecified atom stereocenters. The minimum Gasteiger partial charge on any atom is -0.503 e. The zero-order valence-electron chi connectivity index (χ0n) is 18.5. The lowest BCUT2D eigenvalue weighted by molar-refractivity contribution is -0.218. The van der Waals surface area contributed by atoms with Crippen molar-refractivity contribution in [2.75, 3.05) is 7.05 Å². The third kappa shape index (κ3) is 5.35. The van der Waals surface area contributed by atoms with Gasteiger partial charge in [-0.15, -0.1) is 4.28 Å². The van der Waals surface area contributed by atoms with Crippen LogP contribution in [0.15, 0.2) is 33.3 Å². The average Bonchev–Trinajstić information content (AvgIpc) is 3.08. The van der Waals surface area contributed by atoms with E-state index < -0.39 is 57.1 Å². The van der Waals surface area contributed by atoms with E-state index in [9.17, 15) is 33.1 Å². The third-order valence-electron chi connectivity index (χ3n) is 5.12. The summed E-state index contributed by atoms with van der Waals surface area (Å²) in [5, 5.41) is 27.2. The van der Waals surface area contributed by atoms with Crippen LogP contribution in [0.3, 0.4) is 0 Å². The molecule has 1 aromatic heterocycles. The Balaban J connectivity index is 1.81. The van der Waals surface area contributed by atoms with Crippen molar-refractivity contribution in [1.29, 1.82) is 0 Å². The number of amides is 2.